The maximum absolute atomic E-state index is 14.1. The summed E-state index contributed by atoms with van der Waals surface area (Å²) in [6.07, 6.45) is -6.43. The van der Waals surface area contributed by atoms with Crippen molar-refractivity contribution in [1.29, 1.82) is 0 Å². The summed E-state index contributed by atoms with van der Waals surface area (Å²) in [7, 11) is 0. The summed E-state index contributed by atoms with van der Waals surface area (Å²) in [5, 5.41) is 3.34. The molecule has 0 spiro atoms. The van der Waals surface area contributed by atoms with E-state index < -0.39 is 30.4 Å². The number of amides is 1. The van der Waals surface area contributed by atoms with Gasteiger partial charge in [0.15, 0.2) is 6.30 Å². The first-order valence-corrected chi connectivity index (χ1v) is 10.1. The zero-order valence-electron chi connectivity index (χ0n) is 15.5. The molecular weight excluding hydrogens is 483 g/mol. The fraction of sp³-hybridized carbons (Fsp3) is 0.300. The molecule has 0 aliphatic carbocycles. The molecule has 0 bridgehead atoms. The number of halogens is 7. The van der Waals surface area contributed by atoms with Crippen molar-refractivity contribution in [2.75, 3.05) is 6.54 Å². The highest BCUT2D eigenvalue weighted by molar-refractivity contribution is 6.48. The minimum absolute atomic E-state index is 0.0607. The highest BCUT2D eigenvalue weighted by Gasteiger charge is 2.62. The van der Waals surface area contributed by atoms with Gasteiger partial charge in [0.1, 0.15) is 0 Å². The van der Waals surface area contributed by atoms with Gasteiger partial charge in [-0.2, -0.15) is 13.2 Å². The van der Waals surface area contributed by atoms with E-state index >= 15 is 0 Å². The van der Waals surface area contributed by atoms with Crippen LogP contribution in [0.15, 0.2) is 41.6 Å². The van der Waals surface area contributed by atoms with Gasteiger partial charge in [-0.15, -0.1) is 0 Å². The predicted molar refractivity (Wildman–Crippen MR) is 108 cm³/mol. The molecule has 0 N–H and O–H groups in total. The minimum atomic E-state index is -4.83. The molecule has 0 radical (unpaired) electrons. The number of benzene rings is 2. The van der Waals surface area contributed by atoms with Crippen LogP contribution in [0.4, 0.5) is 17.6 Å². The first-order valence-electron chi connectivity index (χ1n) is 8.99. The van der Waals surface area contributed by atoms with Gasteiger partial charge in [-0.25, -0.2) is 4.39 Å². The summed E-state index contributed by atoms with van der Waals surface area (Å²) in [5.41, 5.74) is -2.01. The Kier molecular flexibility index (Phi) is 5.60. The third-order valence-corrected chi connectivity index (χ3v) is 6.70. The first kappa shape index (κ1) is 22.2. The Bertz CT molecular complexity index is 1040. The summed E-state index contributed by atoms with van der Waals surface area (Å²) in [4.78, 5) is 16.6. The lowest BCUT2D eigenvalue weighted by atomic mass is 9.85. The summed E-state index contributed by atoms with van der Waals surface area (Å²) < 4.78 is 56.2. The van der Waals surface area contributed by atoms with E-state index in [1.807, 2.05) is 0 Å². The number of rotatable bonds is 4. The fourth-order valence-electron chi connectivity index (χ4n) is 3.64. The number of carbonyl (C=O) groups excluding carboxylic acids is 1. The topological polar surface area (TPSA) is 41.9 Å². The summed E-state index contributed by atoms with van der Waals surface area (Å²) in [5.74, 6) is -0.478. The highest BCUT2D eigenvalue weighted by Crippen LogP contribution is 2.50. The van der Waals surface area contributed by atoms with Gasteiger partial charge in [0, 0.05) is 18.5 Å². The molecule has 11 heteroatoms. The second-order valence-electron chi connectivity index (χ2n) is 7.29. The molecule has 1 amide bonds. The number of hydrogen-bond acceptors (Lipinski definition) is 3. The Hall–Kier alpha value is -2.03. The lowest BCUT2D eigenvalue weighted by Crippen LogP contribution is -2.50. The van der Waals surface area contributed by atoms with Crippen molar-refractivity contribution >= 4 is 46.9 Å². The number of likely N-dealkylation sites (tertiary alicyclic amines) is 1. The van der Waals surface area contributed by atoms with E-state index in [0.29, 0.717) is 17.5 Å². The smallest absolute Gasteiger partial charge is 0.374 e. The molecule has 164 valence electrons. The number of nitrogens with zero attached hydrogens (tertiary/aromatic N) is 2. The van der Waals surface area contributed by atoms with Gasteiger partial charge < -0.3 is 9.74 Å². The average Bonchev–Trinajstić information content (AvgIpc) is 3.18. The van der Waals surface area contributed by atoms with Crippen molar-refractivity contribution in [3.8, 4) is 0 Å². The maximum atomic E-state index is 14.1. The Morgan fingerprint density at radius 1 is 1.13 bits per heavy atom. The van der Waals surface area contributed by atoms with Crippen LogP contribution in [0.3, 0.4) is 0 Å². The van der Waals surface area contributed by atoms with Crippen LogP contribution in [0.2, 0.25) is 15.1 Å². The van der Waals surface area contributed by atoms with Gasteiger partial charge in [0.25, 0.3) is 5.60 Å². The van der Waals surface area contributed by atoms with Gasteiger partial charge in [-0.3, -0.25) is 4.79 Å². The second kappa shape index (κ2) is 7.83. The highest BCUT2D eigenvalue weighted by atomic mass is 35.5. The molecule has 0 aromatic heterocycles. The van der Waals surface area contributed by atoms with Crippen LogP contribution in [-0.4, -0.2) is 36.0 Å². The lowest BCUT2D eigenvalue weighted by molar-refractivity contribution is -0.275. The SMILES string of the molecule is O=CN1CC(c2ccc(C3=NOC(c4cc(Cl)c(Cl)c(Cl)c4)(C(F)(F)F)C3)cc2)C1F. The second-order valence-corrected chi connectivity index (χ2v) is 8.48. The van der Waals surface area contributed by atoms with E-state index in [1.54, 1.807) is 24.3 Å². The van der Waals surface area contributed by atoms with Crippen molar-refractivity contribution in [1.82, 2.24) is 4.90 Å². The molecule has 1 saturated heterocycles. The largest absolute Gasteiger partial charge is 0.435 e. The molecule has 2 aliphatic rings. The van der Waals surface area contributed by atoms with Crippen molar-refractivity contribution in [3.05, 3.63) is 68.2 Å². The summed E-state index contributed by atoms with van der Waals surface area (Å²) in [6, 6.07) is 8.40. The van der Waals surface area contributed by atoms with Crippen molar-refractivity contribution in [2.24, 2.45) is 5.16 Å². The van der Waals surface area contributed by atoms with Crippen LogP contribution in [0.25, 0.3) is 0 Å². The fourth-order valence-corrected chi connectivity index (χ4v) is 4.24. The number of carbonyl (C=O) groups is 1. The van der Waals surface area contributed by atoms with Crippen LogP contribution in [0, 0.1) is 0 Å². The van der Waals surface area contributed by atoms with Gasteiger partial charge in [-0.1, -0.05) is 64.2 Å². The normalized spacial score (nSPS) is 25.6. The van der Waals surface area contributed by atoms with E-state index in [4.69, 9.17) is 39.6 Å². The van der Waals surface area contributed by atoms with E-state index in [0.717, 1.165) is 17.0 Å². The molecule has 3 unspecified atom stereocenters. The van der Waals surface area contributed by atoms with Crippen LogP contribution in [-0.2, 0) is 15.2 Å². The Morgan fingerprint density at radius 3 is 2.26 bits per heavy atom. The molecule has 2 aromatic rings. The first-order chi connectivity index (χ1) is 14.6. The van der Waals surface area contributed by atoms with E-state index in [1.165, 1.54) is 0 Å². The molecule has 2 aromatic carbocycles. The Labute approximate surface area is 189 Å². The molecule has 2 aliphatic heterocycles. The molecule has 2 heterocycles. The average molecular weight is 496 g/mol. The molecule has 0 saturated carbocycles. The third kappa shape index (κ3) is 3.64. The van der Waals surface area contributed by atoms with E-state index in [2.05, 4.69) is 5.16 Å². The minimum Gasteiger partial charge on any atom is -0.374 e. The summed E-state index contributed by atoms with van der Waals surface area (Å²) >= 11 is 17.7. The van der Waals surface area contributed by atoms with Crippen LogP contribution in [0.1, 0.15) is 29.0 Å². The van der Waals surface area contributed by atoms with Gasteiger partial charge in [0.2, 0.25) is 6.41 Å². The van der Waals surface area contributed by atoms with Crippen molar-refractivity contribution in [2.45, 2.75) is 30.4 Å². The van der Waals surface area contributed by atoms with Crippen molar-refractivity contribution in [3.63, 3.8) is 0 Å². The lowest BCUT2D eigenvalue weighted by Gasteiger charge is -2.40. The van der Waals surface area contributed by atoms with Gasteiger partial charge >= 0.3 is 6.18 Å². The zero-order valence-corrected chi connectivity index (χ0v) is 17.7. The predicted octanol–water partition coefficient (Wildman–Crippen LogP) is 6.08. The Balaban J connectivity index is 1.61. The molecule has 31 heavy (non-hydrogen) atoms. The van der Waals surface area contributed by atoms with Gasteiger partial charge in [0.05, 0.1) is 26.7 Å². The standard InChI is InChI=1S/C20H13Cl3F4N2O2/c21-14-5-12(6-15(22)17(14)23)19(20(25,26)27)7-16(28-31-19)11-3-1-10(2-4-11)13-8-29(9-30)18(13)24/h1-6,9,13,18H,7-8H2. The molecular formula is C20H13Cl3F4N2O2. The third-order valence-electron chi connectivity index (χ3n) is 5.50. The number of hydrogen-bond donors (Lipinski definition) is 0. The molecule has 1 fully saturated rings. The quantitative estimate of drug-likeness (QED) is 0.223. The number of alkyl halides is 4. The Morgan fingerprint density at radius 2 is 1.74 bits per heavy atom. The zero-order chi connectivity index (χ0) is 22.6. The van der Waals surface area contributed by atoms with Crippen molar-refractivity contribution < 1.29 is 27.2 Å². The van der Waals surface area contributed by atoms with Crippen LogP contribution >= 0.6 is 34.8 Å². The maximum Gasteiger partial charge on any atom is 0.435 e. The van der Waals surface area contributed by atoms with E-state index in [-0.39, 0.29) is 32.9 Å². The van der Waals surface area contributed by atoms with Crippen LogP contribution < -0.4 is 0 Å². The summed E-state index contributed by atoms with van der Waals surface area (Å²) in [6.45, 7) is 0.239. The number of oxime groups is 1. The van der Waals surface area contributed by atoms with Crippen LogP contribution in [0.5, 0.6) is 0 Å². The van der Waals surface area contributed by atoms with Gasteiger partial charge in [-0.05, 0) is 23.3 Å². The monoisotopic (exact) mass is 494 g/mol. The molecule has 4 nitrogen and oxygen atoms in total. The van der Waals surface area contributed by atoms with E-state index in [9.17, 15) is 22.4 Å². The molecule has 3 atom stereocenters. The molecule has 4 rings (SSSR count).